The summed E-state index contributed by atoms with van der Waals surface area (Å²) in [4.78, 5) is 22.5. The lowest BCUT2D eigenvalue weighted by Gasteiger charge is -2.07. The van der Waals surface area contributed by atoms with Crippen LogP contribution >= 0.6 is 11.6 Å². The topological polar surface area (TPSA) is 93.2 Å². The molecule has 0 atom stereocenters. The Hall–Kier alpha value is -3.69. The van der Waals surface area contributed by atoms with Crippen molar-refractivity contribution in [2.75, 3.05) is 0 Å². The van der Waals surface area contributed by atoms with Crippen LogP contribution in [-0.2, 0) is 0 Å². The van der Waals surface area contributed by atoms with Gasteiger partial charge < -0.3 is 4.74 Å². The number of halogens is 1. The SMILES string of the molecule is N#Cc1ccc(-c2ccc(OC(=O)c3cc([N+](=O)[O-])ccc3Cl)cc2)cc1. The Morgan fingerprint density at radius 3 is 2.15 bits per heavy atom. The van der Waals surface area contributed by atoms with E-state index in [2.05, 4.69) is 6.07 Å². The highest BCUT2D eigenvalue weighted by molar-refractivity contribution is 6.33. The summed E-state index contributed by atoms with van der Waals surface area (Å²) >= 11 is 5.95. The lowest BCUT2D eigenvalue weighted by atomic mass is 10.0. The van der Waals surface area contributed by atoms with Crippen molar-refractivity contribution >= 4 is 23.3 Å². The second-order valence-electron chi connectivity index (χ2n) is 5.52. The number of esters is 1. The van der Waals surface area contributed by atoms with Crippen molar-refractivity contribution in [3.63, 3.8) is 0 Å². The van der Waals surface area contributed by atoms with Gasteiger partial charge in [-0.15, -0.1) is 0 Å². The van der Waals surface area contributed by atoms with Gasteiger partial charge in [-0.25, -0.2) is 4.79 Å². The Morgan fingerprint density at radius 1 is 1.00 bits per heavy atom. The number of benzene rings is 3. The number of hydrogen-bond donors (Lipinski definition) is 0. The molecule has 0 amide bonds. The van der Waals surface area contributed by atoms with E-state index in [1.54, 1.807) is 36.4 Å². The first-order chi connectivity index (χ1) is 13.0. The molecular formula is C20H11ClN2O4. The summed E-state index contributed by atoms with van der Waals surface area (Å²) in [6, 6.07) is 19.4. The molecule has 0 saturated heterocycles. The smallest absolute Gasteiger partial charge is 0.345 e. The van der Waals surface area contributed by atoms with E-state index in [4.69, 9.17) is 21.6 Å². The summed E-state index contributed by atoms with van der Waals surface area (Å²) in [5, 5.41) is 19.8. The Bertz CT molecular complexity index is 1050. The van der Waals surface area contributed by atoms with Gasteiger partial charge in [0.05, 0.1) is 27.1 Å². The van der Waals surface area contributed by atoms with Gasteiger partial charge in [-0.3, -0.25) is 10.1 Å². The van der Waals surface area contributed by atoms with Crippen LogP contribution in [0, 0.1) is 21.4 Å². The highest BCUT2D eigenvalue weighted by atomic mass is 35.5. The number of carbonyl (C=O) groups is 1. The van der Waals surface area contributed by atoms with Gasteiger partial charge in [0.2, 0.25) is 0 Å². The first-order valence-electron chi connectivity index (χ1n) is 7.74. The molecule has 0 unspecified atom stereocenters. The number of ether oxygens (including phenoxy) is 1. The number of nitriles is 1. The summed E-state index contributed by atoms with van der Waals surface area (Å²) in [7, 11) is 0. The minimum Gasteiger partial charge on any atom is -0.423 e. The average Bonchev–Trinajstić information content (AvgIpc) is 2.68. The molecule has 0 aliphatic carbocycles. The molecule has 0 fully saturated rings. The fourth-order valence-electron chi connectivity index (χ4n) is 2.40. The summed E-state index contributed by atoms with van der Waals surface area (Å²) in [6.45, 7) is 0. The van der Waals surface area contributed by atoms with Crippen LogP contribution in [0.2, 0.25) is 5.02 Å². The molecule has 132 valence electrons. The Labute approximate surface area is 159 Å². The third kappa shape index (κ3) is 4.11. The van der Waals surface area contributed by atoms with Crippen molar-refractivity contribution in [1.82, 2.24) is 0 Å². The summed E-state index contributed by atoms with van der Waals surface area (Å²) in [5.74, 6) is -0.505. The zero-order chi connectivity index (χ0) is 19.4. The predicted molar refractivity (Wildman–Crippen MR) is 99.7 cm³/mol. The molecule has 0 aliphatic rings. The second-order valence-corrected chi connectivity index (χ2v) is 5.93. The highest BCUT2D eigenvalue weighted by Gasteiger charge is 2.17. The first-order valence-corrected chi connectivity index (χ1v) is 8.12. The van der Waals surface area contributed by atoms with Crippen molar-refractivity contribution in [3.05, 3.63) is 93.0 Å². The minimum absolute atomic E-state index is 0.0693. The molecule has 0 bridgehead atoms. The molecule has 0 aromatic heterocycles. The molecule has 0 N–H and O–H groups in total. The molecule has 3 aromatic rings. The number of non-ortho nitro benzene ring substituents is 1. The van der Waals surface area contributed by atoms with Crippen LogP contribution in [0.15, 0.2) is 66.7 Å². The molecule has 0 radical (unpaired) electrons. The van der Waals surface area contributed by atoms with Crippen LogP contribution < -0.4 is 4.74 Å². The first kappa shape index (κ1) is 18.1. The maximum Gasteiger partial charge on any atom is 0.345 e. The van der Waals surface area contributed by atoms with Crippen molar-refractivity contribution in [2.24, 2.45) is 0 Å². The number of nitro benzene ring substituents is 1. The van der Waals surface area contributed by atoms with Crippen LogP contribution in [0.3, 0.4) is 0 Å². The zero-order valence-corrected chi connectivity index (χ0v) is 14.5. The molecule has 6 nitrogen and oxygen atoms in total. The van der Waals surface area contributed by atoms with E-state index in [0.717, 1.165) is 17.2 Å². The molecule has 0 aliphatic heterocycles. The van der Waals surface area contributed by atoms with Gasteiger partial charge in [0.25, 0.3) is 5.69 Å². The van der Waals surface area contributed by atoms with Crippen molar-refractivity contribution < 1.29 is 14.5 Å². The molecular weight excluding hydrogens is 368 g/mol. The van der Waals surface area contributed by atoms with Crippen molar-refractivity contribution in [1.29, 1.82) is 5.26 Å². The van der Waals surface area contributed by atoms with Gasteiger partial charge in [0, 0.05) is 12.1 Å². The van der Waals surface area contributed by atoms with Crippen LogP contribution in [0.25, 0.3) is 11.1 Å². The largest absolute Gasteiger partial charge is 0.423 e. The van der Waals surface area contributed by atoms with E-state index in [-0.39, 0.29) is 22.0 Å². The molecule has 3 rings (SSSR count). The number of nitrogens with zero attached hydrogens (tertiary/aromatic N) is 2. The standard InChI is InChI=1S/C20H11ClN2O4/c21-19-10-7-16(23(25)26)11-18(19)20(24)27-17-8-5-15(6-9-17)14-3-1-13(12-22)2-4-14/h1-11H. The number of hydrogen-bond acceptors (Lipinski definition) is 5. The quantitative estimate of drug-likeness (QED) is 0.275. The van der Waals surface area contributed by atoms with E-state index in [1.807, 2.05) is 12.1 Å². The third-order valence-electron chi connectivity index (χ3n) is 3.79. The van der Waals surface area contributed by atoms with Crippen LogP contribution in [0.4, 0.5) is 5.69 Å². The molecule has 0 spiro atoms. The average molecular weight is 379 g/mol. The fraction of sp³-hybridized carbons (Fsp3) is 0. The maximum atomic E-state index is 12.3. The van der Waals surface area contributed by atoms with Gasteiger partial charge in [0.1, 0.15) is 5.75 Å². The van der Waals surface area contributed by atoms with E-state index in [0.29, 0.717) is 5.56 Å². The van der Waals surface area contributed by atoms with Gasteiger partial charge in [-0.05, 0) is 41.5 Å². The number of rotatable bonds is 4. The summed E-state index contributed by atoms with van der Waals surface area (Å²) in [6.07, 6.45) is 0. The second kappa shape index (κ2) is 7.68. The van der Waals surface area contributed by atoms with Gasteiger partial charge in [-0.2, -0.15) is 5.26 Å². The fourth-order valence-corrected chi connectivity index (χ4v) is 2.59. The predicted octanol–water partition coefficient (Wildman–Crippen LogP) is 5.01. The lowest BCUT2D eigenvalue weighted by Crippen LogP contribution is -2.09. The lowest BCUT2D eigenvalue weighted by molar-refractivity contribution is -0.384. The van der Waals surface area contributed by atoms with E-state index in [1.165, 1.54) is 12.1 Å². The van der Waals surface area contributed by atoms with Gasteiger partial charge in [0.15, 0.2) is 0 Å². The molecule has 27 heavy (non-hydrogen) atoms. The van der Waals surface area contributed by atoms with Crippen LogP contribution in [0.1, 0.15) is 15.9 Å². The summed E-state index contributed by atoms with van der Waals surface area (Å²) < 4.78 is 5.25. The Balaban J connectivity index is 1.78. The molecule has 7 heteroatoms. The van der Waals surface area contributed by atoms with E-state index < -0.39 is 10.9 Å². The van der Waals surface area contributed by atoms with Crippen LogP contribution in [0.5, 0.6) is 5.75 Å². The number of carbonyl (C=O) groups excluding carboxylic acids is 1. The van der Waals surface area contributed by atoms with E-state index in [9.17, 15) is 14.9 Å². The number of nitro groups is 1. The highest BCUT2D eigenvalue weighted by Crippen LogP contribution is 2.26. The van der Waals surface area contributed by atoms with E-state index >= 15 is 0 Å². The maximum absolute atomic E-state index is 12.3. The normalized spacial score (nSPS) is 10.1. The van der Waals surface area contributed by atoms with Crippen molar-refractivity contribution in [2.45, 2.75) is 0 Å². The van der Waals surface area contributed by atoms with Gasteiger partial charge >= 0.3 is 5.97 Å². The van der Waals surface area contributed by atoms with Crippen LogP contribution in [-0.4, -0.2) is 10.9 Å². The zero-order valence-electron chi connectivity index (χ0n) is 13.8. The molecule has 3 aromatic carbocycles. The van der Waals surface area contributed by atoms with Crippen molar-refractivity contribution in [3.8, 4) is 22.9 Å². The third-order valence-corrected chi connectivity index (χ3v) is 4.12. The molecule has 0 heterocycles. The monoisotopic (exact) mass is 378 g/mol. The minimum atomic E-state index is -0.783. The Morgan fingerprint density at radius 2 is 1.59 bits per heavy atom. The van der Waals surface area contributed by atoms with Gasteiger partial charge in [-0.1, -0.05) is 35.9 Å². The molecule has 0 saturated carbocycles. The summed E-state index contributed by atoms with van der Waals surface area (Å²) in [5.41, 5.74) is 2.03. The Kier molecular flexibility index (Phi) is 5.15.